The van der Waals surface area contributed by atoms with Crippen molar-refractivity contribution >= 4 is 12.1 Å². The first-order valence-electron chi connectivity index (χ1n) is 11.7. The van der Waals surface area contributed by atoms with Gasteiger partial charge in [0.1, 0.15) is 23.8 Å². The van der Waals surface area contributed by atoms with Gasteiger partial charge in [-0.2, -0.15) is 0 Å². The lowest BCUT2D eigenvalue weighted by atomic mass is 9.94. The summed E-state index contributed by atoms with van der Waals surface area (Å²) in [5, 5.41) is 1.68. The van der Waals surface area contributed by atoms with Gasteiger partial charge in [-0.15, -0.1) is 0 Å². The van der Waals surface area contributed by atoms with Gasteiger partial charge in [0.15, 0.2) is 17.3 Å². The molecule has 0 aliphatic carbocycles. The van der Waals surface area contributed by atoms with Crippen molar-refractivity contribution in [1.29, 1.82) is 0 Å². The number of aromatic nitrogens is 1. The number of ether oxygens (including phenoxy) is 4. The molecule has 10 nitrogen and oxygen atoms in total. The molecular formula is C26H22F3N3O7. The number of benzene rings is 2. The van der Waals surface area contributed by atoms with E-state index in [0.29, 0.717) is 5.56 Å². The van der Waals surface area contributed by atoms with E-state index in [-0.39, 0.29) is 30.0 Å². The average molecular weight is 545 g/mol. The van der Waals surface area contributed by atoms with Crippen LogP contribution in [-0.4, -0.2) is 55.4 Å². The lowest BCUT2D eigenvalue weighted by Crippen LogP contribution is -2.62. The van der Waals surface area contributed by atoms with Gasteiger partial charge in [-0.25, -0.2) is 18.0 Å². The zero-order valence-corrected chi connectivity index (χ0v) is 20.7. The number of halogens is 3. The molecule has 0 N–H and O–H groups in total. The quantitative estimate of drug-likeness (QED) is 0.364. The second-order valence-corrected chi connectivity index (χ2v) is 8.73. The minimum atomic E-state index is -1.13. The number of methoxy groups -OCH3 is 1. The second-order valence-electron chi connectivity index (χ2n) is 8.73. The maximum absolute atomic E-state index is 14.6. The van der Waals surface area contributed by atoms with Crippen LogP contribution in [-0.2, 0) is 9.47 Å². The normalized spacial score (nSPS) is 18.1. The molecule has 2 aromatic carbocycles. The third-order valence-electron chi connectivity index (χ3n) is 6.54. The molecule has 2 aliphatic rings. The first kappa shape index (κ1) is 25.9. The van der Waals surface area contributed by atoms with E-state index < -0.39 is 59.7 Å². The molecule has 2 atom stereocenters. The van der Waals surface area contributed by atoms with E-state index in [0.717, 1.165) is 25.3 Å². The zero-order chi connectivity index (χ0) is 27.8. The summed E-state index contributed by atoms with van der Waals surface area (Å²) < 4.78 is 64.4. The van der Waals surface area contributed by atoms with Crippen LogP contribution in [0.2, 0.25) is 0 Å². The fourth-order valence-electron chi connectivity index (χ4n) is 4.75. The first-order chi connectivity index (χ1) is 18.7. The smallest absolute Gasteiger partial charge is 0.493 e. The van der Waals surface area contributed by atoms with Crippen LogP contribution in [0, 0.1) is 17.5 Å². The summed E-state index contributed by atoms with van der Waals surface area (Å²) >= 11 is 0. The molecule has 3 heterocycles. The Labute approximate surface area is 219 Å². The highest BCUT2D eigenvalue weighted by Crippen LogP contribution is 2.41. The van der Waals surface area contributed by atoms with Crippen LogP contribution in [0.25, 0.3) is 0 Å². The van der Waals surface area contributed by atoms with Gasteiger partial charge in [0.2, 0.25) is 18.0 Å². The monoisotopic (exact) mass is 545 g/mol. The molecule has 0 radical (unpaired) electrons. The lowest BCUT2D eigenvalue weighted by Gasteiger charge is -2.50. The van der Waals surface area contributed by atoms with Gasteiger partial charge in [-0.3, -0.25) is 19.3 Å². The Kier molecular flexibility index (Phi) is 6.81. The SMILES string of the molecule is COC(=O)OCOc1c2n(ccc1=O)N1C(c3ccc(F)cc3)c3cc(F)c(F)cc3OCC[C@H]1N(C)C2=O. The standard InChI is InChI=1S/C26H22F3N3O7/c1-30-21-8-10-37-20-12-18(29)17(28)11-16(20)22(14-3-5-15(27)6-4-14)32(21)31-9-7-19(33)24(23(31)25(30)34)38-13-39-26(35)36-2/h3-7,9,11-12,21-22H,8,10,13H2,1-2H3/t21-,22?/m0/s1. The number of hydrogen-bond acceptors (Lipinski definition) is 8. The van der Waals surface area contributed by atoms with Crippen LogP contribution < -0.4 is 19.9 Å². The van der Waals surface area contributed by atoms with Crippen molar-refractivity contribution in [3.05, 3.63) is 93.2 Å². The molecule has 0 bridgehead atoms. The maximum Gasteiger partial charge on any atom is 0.510 e. The van der Waals surface area contributed by atoms with Gasteiger partial charge in [0.05, 0.1) is 13.7 Å². The highest BCUT2D eigenvalue weighted by Gasteiger charge is 2.44. The molecule has 3 aromatic rings. The first-order valence-corrected chi connectivity index (χ1v) is 11.7. The summed E-state index contributed by atoms with van der Waals surface area (Å²) in [6.45, 7) is -0.680. The number of rotatable bonds is 4. The summed E-state index contributed by atoms with van der Waals surface area (Å²) in [4.78, 5) is 39.1. The van der Waals surface area contributed by atoms with E-state index in [1.165, 1.54) is 47.1 Å². The van der Waals surface area contributed by atoms with Crippen LogP contribution in [0.15, 0.2) is 53.5 Å². The zero-order valence-electron chi connectivity index (χ0n) is 20.7. The molecule has 5 rings (SSSR count). The molecule has 1 aromatic heterocycles. The highest BCUT2D eigenvalue weighted by atomic mass is 19.2. The van der Waals surface area contributed by atoms with Crippen LogP contribution in [0.3, 0.4) is 0 Å². The van der Waals surface area contributed by atoms with Gasteiger partial charge in [-0.1, -0.05) is 12.1 Å². The fraction of sp³-hybridized carbons (Fsp3) is 0.269. The largest absolute Gasteiger partial charge is 0.510 e. The maximum atomic E-state index is 14.6. The fourth-order valence-corrected chi connectivity index (χ4v) is 4.75. The number of hydrogen-bond donors (Lipinski definition) is 0. The molecule has 0 fully saturated rings. The molecule has 2 aliphatic heterocycles. The molecule has 204 valence electrons. The van der Waals surface area contributed by atoms with E-state index in [9.17, 15) is 27.6 Å². The molecule has 39 heavy (non-hydrogen) atoms. The van der Waals surface area contributed by atoms with Gasteiger partial charge >= 0.3 is 6.16 Å². The highest BCUT2D eigenvalue weighted by molar-refractivity contribution is 5.96. The van der Waals surface area contributed by atoms with Gasteiger partial charge in [0.25, 0.3) is 5.91 Å². The third kappa shape index (κ3) is 4.60. The topological polar surface area (TPSA) is 99.5 Å². The summed E-state index contributed by atoms with van der Waals surface area (Å²) in [5.74, 6) is -3.69. The van der Waals surface area contributed by atoms with E-state index in [2.05, 4.69) is 4.74 Å². The second kappa shape index (κ2) is 10.2. The number of nitrogens with zero attached hydrogens (tertiary/aromatic N) is 3. The Morgan fingerprint density at radius 2 is 1.79 bits per heavy atom. The minimum absolute atomic E-state index is 0.0405. The van der Waals surface area contributed by atoms with Crippen molar-refractivity contribution in [2.45, 2.75) is 18.6 Å². The Bertz CT molecular complexity index is 1500. The van der Waals surface area contributed by atoms with E-state index in [4.69, 9.17) is 14.2 Å². The van der Waals surface area contributed by atoms with Crippen LogP contribution >= 0.6 is 0 Å². The molecule has 0 saturated carbocycles. The molecule has 0 saturated heterocycles. The summed E-state index contributed by atoms with van der Waals surface area (Å²) in [5.41, 5.74) is -0.207. The van der Waals surface area contributed by atoms with Crippen molar-refractivity contribution in [3.63, 3.8) is 0 Å². The number of pyridine rings is 1. The number of carbonyl (C=O) groups is 2. The van der Waals surface area contributed by atoms with Crippen molar-refractivity contribution in [2.75, 3.05) is 32.6 Å². The van der Waals surface area contributed by atoms with E-state index in [1.807, 2.05) is 0 Å². The van der Waals surface area contributed by atoms with Gasteiger partial charge < -0.3 is 23.8 Å². The third-order valence-corrected chi connectivity index (χ3v) is 6.54. The van der Waals surface area contributed by atoms with Crippen LogP contribution in [0.4, 0.5) is 18.0 Å². The van der Waals surface area contributed by atoms with Crippen LogP contribution in [0.1, 0.15) is 34.1 Å². The molecule has 0 spiro atoms. The lowest BCUT2D eigenvalue weighted by molar-refractivity contribution is 0.0131. The summed E-state index contributed by atoms with van der Waals surface area (Å²) in [6, 6.07) is 7.51. The molecule has 1 amide bonds. The van der Waals surface area contributed by atoms with Crippen molar-refractivity contribution in [2.24, 2.45) is 0 Å². The Morgan fingerprint density at radius 3 is 2.51 bits per heavy atom. The number of fused-ring (bicyclic) bond motifs is 4. The average Bonchev–Trinajstić information content (AvgIpc) is 2.91. The summed E-state index contributed by atoms with van der Waals surface area (Å²) in [6.07, 6.45) is -0.189. The predicted molar refractivity (Wildman–Crippen MR) is 128 cm³/mol. The van der Waals surface area contributed by atoms with Crippen molar-refractivity contribution in [1.82, 2.24) is 9.58 Å². The molecular weight excluding hydrogens is 523 g/mol. The Morgan fingerprint density at radius 1 is 1.08 bits per heavy atom. The Balaban J connectivity index is 1.73. The van der Waals surface area contributed by atoms with Gasteiger partial charge in [0, 0.05) is 37.4 Å². The van der Waals surface area contributed by atoms with Crippen molar-refractivity contribution < 1.29 is 41.7 Å². The van der Waals surface area contributed by atoms with E-state index >= 15 is 0 Å². The molecule has 13 heteroatoms. The van der Waals surface area contributed by atoms with E-state index in [1.54, 1.807) is 5.01 Å². The van der Waals surface area contributed by atoms with Gasteiger partial charge in [-0.05, 0) is 23.8 Å². The number of carbonyl (C=O) groups excluding carboxylic acids is 2. The predicted octanol–water partition coefficient (Wildman–Crippen LogP) is 3.31. The Hall–Kier alpha value is -4.68. The molecule has 1 unspecified atom stereocenters. The number of amides is 1. The minimum Gasteiger partial charge on any atom is -0.493 e. The van der Waals surface area contributed by atoms with Crippen LogP contribution in [0.5, 0.6) is 11.5 Å². The summed E-state index contributed by atoms with van der Waals surface area (Å²) in [7, 11) is 2.60. The van der Waals surface area contributed by atoms with Crippen molar-refractivity contribution in [3.8, 4) is 11.5 Å².